The third kappa shape index (κ3) is 7.08. The van der Waals surface area contributed by atoms with Crippen LogP contribution in [-0.2, 0) is 4.74 Å². The molecule has 0 amide bonds. The first-order valence-electron chi connectivity index (χ1n) is 10.5. The van der Waals surface area contributed by atoms with Gasteiger partial charge in [-0.05, 0) is 79.7 Å². The van der Waals surface area contributed by atoms with E-state index in [-0.39, 0.29) is 5.97 Å². The van der Waals surface area contributed by atoms with Gasteiger partial charge in [0.05, 0.1) is 47.4 Å². The van der Waals surface area contributed by atoms with Crippen molar-refractivity contribution in [3.05, 3.63) is 78.4 Å². The van der Waals surface area contributed by atoms with Gasteiger partial charge < -0.3 is 9.64 Å². The molecule has 0 N–H and O–H groups in total. The number of esters is 1. The normalized spacial score (nSPS) is 10.9. The van der Waals surface area contributed by atoms with Crippen LogP contribution in [0.15, 0.2) is 93.3 Å². The third-order valence-corrected chi connectivity index (χ3v) is 4.64. The van der Waals surface area contributed by atoms with Crippen LogP contribution >= 0.6 is 0 Å². The maximum absolute atomic E-state index is 11.7. The van der Waals surface area contributed by atoms with Crippen molar-refractivity contribution in [1.29, 1.82) is 5.26 Å². The summed E-state index contributed by atoms with van der Waals surface area (Å²) in [5.41, 5.74) is 4.24. The van der Waals surface area contributed by atoms with E-state index in [9.17, 15) is 4.79 Å². The number of ether oxygens (including phenoxy) is 1. The Morgan fingerprint density at radius 2 is 1.24 bits per heavy atom. The number of azo groups is 2. The Morgan fingerprint density at radius 1 is 0.818 bits per heavy atom. The first-order valence-corrected chi connectivity index (χ1v) is 10.5. The lowest BCUT2D eigenvalue weighted by Crippen LogP contribution is -2.17. The molecule has 3 aromatic rings. The lowest BCUT2D eigenvalue weighted by Gasteiger charge is -2.17. The van der Waals surface area contributed by atoms with Crippen LogP contribution in [0.5, 0.6) is 0 Å². The summed E-state index contributed by atoms with van der Waals surface area (Å²) in [5.74, 6) is -0.357. The smallest absolute Gasteiger partial charge is 0.338 e. The van der Waals surface area contributed by atoms with E-state index in [0.717, 1.165) is 11.4 Å². The fourth-order valence-electron chi connectivity index (χ4n) is 2.82. The molecular formula is C25H24N6O2. The zero-order chi connectivity index (χ0) is 23.5. The first kappa shape index (κ1) is 23.3. The molecule has 33 heavy (non-hydrogen) atoms. The Hall–Kier alpha value is -4.38. The predicted octanol–water partition coefficient (Wildman–Crippen LogP) is 7.04. The second-order valence-corrected chi connectivity index (χ2v) is 7.03. The van der Waals surface area contributed by atoms with Gasteiger partial charge in [0.2, 0.25) is 0 Å². The van der Waals surface area contributed by atoms with Crippen LogP contribution in [0.1, 0.15) is 23.7 Å². The van der Waals surface area contributed by atoms with Crippen LogP contribution < -0.4 is 4.90 Å². The van der Waals surface area contributed by atoms with Gasteiger partial charge >= 0.3 is 5.97 Å². The molecule has 0 aliphatic heterocycles. The minimum atomic E-state index is -0.357. The van der Waals surface area contributed by atoms with Gasteiger partial charge in [0.1, 0.15) is 0 Å². The zero-order valence-corrected chi connectivity index (χ0v) is 18.5. The van der Waals surface area contributed by atoms with Crippen LogP contribution in [0.3, 0.4) is 0 Å². The number of carbonyl (C=O) groups excluding carboxylic acids is 1. The second kappa shape index (κ2) is 11.9. The molecule has 0 fully saturated rings. The van der Waals surface area contributed by atoms with Gasteiger partial charge in [-0.2, -0.15) is 25.7 Å². The largest absolute Gasteiger partial charge is 0.462 e. The van der Waals surface area contributed by atoms with E-state index in [0.29, 0.717) is 42.2 Å². The van der Waals surface area contributed by atoms with Gasteiger partial charge in [-0.15, -0.1) is 0 Å². The van der Waals surface area contributed by atoms with Crippen molar-refractivity contribution >= 4 is 34.4 Å². The minimum absolute atomic E-state index is 0.337. The molecule has 0 aliphatic rings. The molecule has 8 nitrogen and oxygen atoms in total. The third-order valence-electron chi connectivity index (χ3n) is 4.64. The van der Waals surface area contributed by atoms with E-state index in [4.69, 9.17) is 10.00 Å². The summed E-state index contributed by atoms with van der Waals surface area (Å²) >= 11 is 0. The lowest BCUT2D eigenvalue weighted by molar-refractivity contribution is 0.0526. The summed E-state index contributed by atoms with van der Waals surface area (Å²) in [5, 5.41) is 25.6. The number of hydrogen-bond donors (Lipinski definition) is 0. The number of carbonyl (C=O) groups is 1. The SMILES string of the molecule is CCOC(=O)c1ccc(N=Nc2ccc(N=Nc3ccc(N(C)CCC#N)cc3)cc2)cc1. The Morgan fingerprint density at radius 3 is 1.67 bits per heavy atom. The van der Waals surface area contributed by atoms with E-state index in [1.807, 2.05) is 48.3 Å². The molecule has 166 valence electrons. The highest BCUT2D eigenvalue weighted by Crippen LogP contribution is 2.25. The fourth-order valence-corrected chi connectivity index (χ4v) is 2.82. The zero-order valence-electron chi connectivity index (χ0n) is 18.5. The molecule has 0 aromatic heterocycles. The summed E-state index contributed by atoms with van der Waals surface area (Å²) in [7, 11) is 1.95. The van der Waals surface area contributed by atoms with Crippen molar-refractivity contribution in [3.8, 4) is 6.07 Å². The molecule has 0 unspecified atom stereocenters. The average Bonchev–Trinajstić information content (AvgIpc) is 2.86. The molecule has 3 aromatic carbocycles. The van der Waals surface area contributed by atoms with Gasteiger partial charge in [-0.3, -0.25) is 0 Å². The Kier molecular flexibility index (Phi) is 8.37. The second-order valence-electron chi connectivity index (χ2n) is 7.03. The first-order chi connectivity index (χ1) is 16.1. The number of nitrogens with zero attached hydrogens (tertiary/aromatic N) is 6. The van der Waals surface area contributed by atoms with Crippen LogP contribution in [0, 0.1) is 11.3 Å². The number of benzene rings is 3. The molecule has 8 heteroatoms. The van der Waals surface area contributed by atoms with Crippen molar-refractivity contribution in [2.75, 3.05) is 25.1 Å². The molecule has 0 saturated carbocycles. The highest BCUT2D eigenvalue weighted by atomic mass is 16.5. The van der Waals surface area contributed by atoms with Crippen LogP contribution in [0.25, 0.3) is 0 Å². The molecule has 0 radical (unpaired) electrons. The van der Waals surface area contributed by atoms with E-state index in [1.54, 1.807) is 43.3 Å². The fraction of sp³-hybridized carbons (Fsp3) is 0.200. The van der Waals surface area contributed by atoms with Crippen LogP contribution in [0.4, 0.5) is 28.4 Å². The monoisotopic (exact) mass is 440 g/mol. The van der Waals surface area contributed by atoms with E-state index in [2.05, 4.69) is 26.5 Å². The van der Waals surface area contributed by atoms with Crippen LogP contribution in [0.2, 0.25) is 0 Å². The summed E-state index contributed by atoms with van der Waals surface area (Å²) in [6.45, 7) is 2.79. The molecule has 0 atom stereocenters. The average molecular weight is 441 g/mol. The van der Waals surface area contributed by atoms with Gasteiger partial charge in [0.15, 0.2) is 0 Å². The number of hydrogen-bond acceptors (Lipinski definition) is 8. The van der Waals surface area contributed by atoms with E-state index in [1.165, 1.54) is 0 Å². The molecule has 0 bridgehead atoms. The summed E-state index contributed by atoms with van der Waals surface area (Å²) in [6, 6.07) is 23.8. The molecular weight excluding hydrogens is 416 g/mol. The summed E-state index contributed by atoms with van der Waals surface area (Å²) in [6.07, 6.45) is 0.481. The number of nitriles is 1. The highest BCUT2D eigenvalue weighted by molar-refractivity contribution is 5.89. The maximum Gasteiger partial charge on any atom is 0.338 e. The van der Waals surface area contributed by atoms with Gasteiger partial charge in [-0.25, -0.2) is 4.79 Å². The summed E-state index contributed by atoms with van der Waals surface area (Å²) < 4.78 is 4.96. The lowest BCUT2D eigenvalue weighted by atomic mass is 10.2. The Labute approximate surface area is 192 Å². The van der Waals surface area contributed by atoms with Crippen molar-refractivity contribution in [1.82, 2.24) is 0 Å². The van der Waals surface area contributed by atoms with Gasteiger partial charge in [0.25, 0.3) is 0 Å². The van der Waals surface area contributed by atoms with Crippen molar-refractivity contribution in [2.45, 2.75) is 13.3 Å². The van der Waals surface area contributed by atoms with Gasteiger partial charge in [-0.1, -0.05) is 0 Å². The van der Waals surface area contributed by atoms with Crippen molar-refractivity contribution in [3.63, 3.8) is 0 Å². The molecule has 0 heterocycles. The van der Waals surface area contributed by atoms with Crippen molar-refractivity contribution in [2.24, 2.45) is 20.5 Å². The van der Waals surface area contributed by atoms with E-state index >= 15 is 0 Å². The Bertz CT molecular complexity index is 1150. The quantitative estimate of drug-likeness (QED) is 0.263. The Balaban J connectivity index is 1.57. The molecule has 0 saturated heterocycles. The topological polar surface area (TPSA) is 103 Å². The van der Waals surface area contributed by atoms with Crippen LogP contribution in [-0.4, -0.2) is 26.2 Å². The standard InChI is InChI=1S/C25H24N6O2/c1-3-33-25(32)19-5-7-20(8-6-19)27-28-21-9-11-22(12-10-21)29-30-23-13-15-24(16-14-23)31(2)18-4-17-26/h5-16H,3-4,18H2,1-2H3. The van der Waals surface area contributed by atoms with Crippen molar-refractivity contribution < 1.29 is 9.53 Å². The molecule has 3 rings (SSSR count). The van der Waals surface area contributed by atoms with E-state index < -0.39 is 0 Å². The molecule has 0 aliphatic carbocycles. The predicted molar refractivity (Wildman–Crippen MR) is 127 cm³/mol. The van der Waals surface area contributed by atoms with Gasteiger partial charge in [0, 0.05) is 19.3 Å². The maximum atomic E-state index is 11.7. The minimum Gasteiger partial charge on any atom is -0.462 e. The number of anilines is 1. The number of rotatable bonds is 9. The highest BCUT2D eigenvalue weighted by Gasteiger charge is 2.05. The molecule has 0 spiro atoms. The summed E-state index contributed by atoms with van der Waals surface area (Å²) in [4.78, 5) is 13.7.